The van der Waals surface area contributed by atoms with Crippen LogP contribution < -0.4 is 0 Å². The van der Waals surface area contributed by atoms with Gasteiger partial charge in [0.05, 0.1) is 5.92 Å². The normalized spacial score (nSPS) is 28.8. The molecule has 0 amide bonds. The highest BCUT2D eigenvalue weighted by Gasteiger charge is 2.63. The summed E-state index contributed by atoms with van der Waals surface area (Å²) in [7, 11) is 0. The Kier molecular flexibility index (Phi) is 2.23. The predicted molar refractivity (Wildman–Crippen MR) is 59.7 cm³/mol. The second-order valence-corrected chi connectivity index (χ2v) is 6.14. The molecule has 0 radical (unpaired) electrons. The van der Waals surface area contributed by atoms with Gasteiger partial charge in [-0.15, -0.1) is 11.3 Å². The van der Waals surface area contributed by atoms with Crippen molar-refractivity contribution in [3.63, 3.8) is 0 Å². The zero-order valence-corrected chi connectivity index (χ0v) is 10.4. The molecule has 1 aliphatic carbocycles. The van der Waals surface area contributed by atoms with Crippen molar-refractivity contribution in [2.45, 2.75) is 19.8 Å². The van der Waals surface area contributed by atoms with E-state index in [1.165, 1.54) is 4.88 Å². The van der Waals surface area contributed by atoms with Gasteiger partial charge in [0.1, 0.15) is 0 Å². The second-order valence-electron chi connectivity index (χ2n) is 4.28. The van der Waals surface area contributed by atoms with Gasteiger partial charge in [-0.1, -0.05) is 13.8 Å². The van der Waals surface area contributed by atoms with Crippen LogP contribution in [0.15, 0.2) is 15.9 Å². The molecule has 1 aromatic rings. The lowest BCUT2D eigenvalue weighted by atomic mass is 10.1. The van der Waals surface area contributed by atoms with E-state index in [1.807, 2.05) is 25.3 Å². The van der Waals surface area contributed by atoms with Crippen molar-refractivity contribution in [3.05, 3.63) is 20.8 Å². The minimum absolute atomic E-state index is 0.0872. The summed E-state index contributed by atoms with van der Waals surface area (Å²) in [4.78, 5) is 12.1. The van der Waals surface area contributed by atoms with Crippen LogP contribution in [0.3, 0.4) is 0 Å². The first-order valence-corrected chi connectivity index (χ1v) is 6.08. The number of halogens is 1. The second kappa shape index (κ2) is 3.07. The van der Waals surface area contributed by atoms with Crippen LogP contribution in [-0.2, 0) is 4.79 Å². The summed E-state index contributed by atoms with van der Waals surface area (Å²) in [5.74, 6) is -0.700. The molecular formula is C10H11BrO2S. The Hall–Kier alpha value is -0.350. The molecule has 1 N–H and O–H groups in total. The van der Waals surface area contributed by atoms with Gasteiger partial charge in [-0.25, -0.2) is 0 Å². The van der Waals surface area contributed by atoms with Crippen molar-refractivity contribution in [2.24, 2.45) is 11.3 Å². The topological polar surface area (TPSA) is 37.3 Å². The van der Waals surface area contributed by atoms with E-state index >= 15 is 0 Å². The van der Waals surface area contributed by atoms with E-state index in [-0.39, 0.29) is 17.3 Å². The summed E-state index contributed by atoms with van der Waals surface area (Å²) >= 11 is 5.02. The molecule has 14 heavy (non-hydrogen) atoms. The van der Waals surface area contributed by atoms with E-state index in [1.54, 1.807) is 11.3 Å². The van der Waals surface area contributed by atoms with Crippen LogP contribution in [0.2, 0.25) is 0 Å². The minimum Gasteiger partial charge on any atom is -0.481 e. The highest BCUT2D eigenvalue weighted by atomic mass is 79.9. The van der Waals surface area contributed by atoms with Crippen LogP contribution in [0.4, 0.5) is 0 Å². The average molecular weight is 275 g/mol. The summed E-state index contributed by atoms with van der Waals surface area (Å²) < 4.78 is 1.05. The number of rotatable bonds is 2. The predicted octanol–water partition coefficient (Wildman–Crippen LogP) is 3.33. The first-order chi connectivity index (χ1) is 6.44. The molecule has 1 aliphatic rings. The van der Waals surface area contributed by atoms with Crippen molar-refractivity contribution in [1.82, 2.24) is 0 Å². The molecule has 1 saturated carbocycles. The van der Waals surface area contributed by atoms with Crippen LogP contribution in [0.1, 0.15) is 24.6 Å². The minimum atomic E-state index is -0.676. The molecular weight excluding hydrogens is 264 g/mol. The van der Waals surface area contributed by atoms with Gasteiger partial charge in [0.15, 0.2) is 0 Å². The number of aliphatic carboxylic acids is 1. The number of carboxylic acid groups (broad SMARTS) is 1. The highest BCUT2D eigenvalue weighted by molar-refractivity contribution is 9.10. The standard InChI is InChI=1S/C10H11BrO2S/c1-10(2)7(8(10)9(12)13)6-3-5(11)4-14-6/h3-4,7-8H,1-2H3,(H,12,13)/t7-,8+/m1/s1. The third-order valence-corrected chi connectivity index (χ3v) is 4.76. The first-order valence-electron chi connectivity index (χ1n) is 4.41. The molecule has 0 saturated heterocycles. The van der Waals surface area contributed by atoms with Crippen LogP contribution in [-0.4, -0.2) is 11.1 Å². The van der Waals surface area contributed by atoms with E-state index < -0.39 is 5.97 Å². The Labute approximate surface area is 95.1 Å². The van der Waals surface area contributed by atoms with E-state index in [2.05, 4.69) is 15.9 Å². The van der Waals surface area contributed by atoms with Gasteiger partial charge < -0.3 is 5.11 Å². The molecule has 1 heterocycles. The molecule has 1 aromatic heterocycles. The SMILES string of the molecule is CC1(C)[C@H](C(=O)O)[C@H]1c1cc(Br)cs1. The third-order valence-electron chi connectivity index (χ3n) is 2.99. The molecule has 1 fully saturated rings. The Morgan fingerprint density at radius 2 is 2.29 bits per heavy atom. The van der Waals surface area contributed by atoms with E-state index in [4.69, 9.17) is 5.11 Å². The summed E-state index contributed by atoms with van der Waals surface area (Å²) in [6, 6.07) is 2.03. The summed E-state index contributed by atoms with van der Waals surface area (Å²) in [5, 5.41) is 11.0. The Morgan fingerprint density at radius 1 is 1.64 bits per heavy atom. The number of thiophene rings is 1. The first kappa shape index (κ1) is 10.2. The number of carbonyl (C=O) groups is 1. The molecule has 0 unspecified atom stereocenters. The lowest BCUT2D eigenvalue weighted by Gasteiger charge is -1.97. The molecule has 0 aromatic carbocycles. The fourth-order valence-corrected chi connectivity index (χ4v) is 3.90. The highest BCUT2D eigenvalue weighted by Crippen LogP contribution is 2.65. The van der Waals surface area contributed by atoms with Crippen LogP contribution in [0.25, 0.3) is 0 Å². The van der Waals surface area contributed by atoms with Gasteiger partial charge in [0.2, 0.25) is 0 Å². The Morgan fingerprint density at radius 3 is 2.64 bits per heavy atom. The zero-order valence-electron chi connectivity index (χ0n) is 7.95. The largest absolute Gasteiger partial charge is 0.481 e. The van der Waals surface area contributed by atoms with Crippen molar-refractivity contribution in [1.29, 1.82) is 0 Å². The van der Waals surface area contributed by atoms with Crippen LogP contribution in [0, 0.1) is 11.3 Å². The maximum Gasteiger partial charge on any atom is 0.307 e. The maximum absolute atomic E-state index is 11.0. The van der Waals surface area contributed by atoms with Crippen molar-refractivity contribution in [3.8, 4) is 0 Å². The molecule has 76 valence electrons. The maximum atomic E-state index is 11.0. The lowest BCUT2D eigenvalue weighted by molar-refractivity contribution is -0.139. The Bertz CT molecular complexity index is 383. The fraction of sp³-hybridized carbons (Fsp3) is 0.500. The van der Waals surface area contributed by atoms with Gasteiger partial charge >= 0.3 is 5.97 Å². The van der Waals surface area contributed by atoms with Gasteiger partial charge in [0.25, 0.3) is 0 Å². The lowest BCUT2D eigenvalue weighted by Crippen LogP contribution is -2.02. The molecule has 4 heteroatoms. The van der Waals surface area contributed by atoms with Crippen LogP contribution >= 0.6 is 27.3 Å². The van der Waals surface area contributed by atoms with Gasteiger partial charge in [0, 0.05) is 20.6 Å². The molecule has 0 aliphatic heterocycles. The molecule has 2 atom stereocenters. The average Bonchev–Trinajstić information content (AvgIpc) is 2.42. The van der Waals surface area contributed by atoms with Crippen LogP contribution in [0.5, 0.6) is 0 Å². The van der Waals surface area contributed by atoms with E-state index in [0.29, 0.717) is 0 Å². The van der Waals surface area contributed by atoms with Gasteiger partial charge in [-0.2, -0.15) is 0 Å². The smallest absolute Gasteiger partial charge is 0.307 e. The quantitative estimate of drug-likeness (QED) is 0.898. The van der Waals surface area contributed by atoms with E-state index in [9.17, 15) is 4.79 Å². The third kappa shape index (κ3) is 1.41. The summed E-state index contributed by atoms with van der Waals surface area (Å²) in [5.41, 5.74) is -0.0872. The van der Waals surface area contributed by atoms with E-state index in [0.717, 1.165) is 4.47 Å². The monoisotopic (exact) mass is 274 g/mol. The number of carboxylic acids is 1. The fourth-order valence-electron chi connectivity index (χ4n) is 2.12. The number of hydrogen-bond donors (Lipinski definition) is 1. The van der Waals surface area contributed by atoms with Crippen molar-refractivity contribution in [2.75, 3.05) is 0 Å². The number of hydrogen-bond acceptors (Lipinski definition) is 2. The molecule has 2 nitrogen and oxygen atoms in total. The van der Waals surface area contributed by atoms with Crippen molar-refractivity contribution >= 4 is 33.2 Å². The Balaban J connectivity index is 2.27. The molecule has 2 rings (SSSR count). The zero-order chi connectivity index (χ0) is 10.5. The van der Waals surface area contributed by atoms with Gasteiger partial charge in [-0.3, -0.25) is 4.79 Å². The van der Waals surface area contributed by atoms with Gasteiger partial charge in [-0.05, 0) is 27.4 Å². The molecule has 0 spiro atoms. The van der Waals surface area contributed by atoms with Crippen molar-refractivity contribution < 1.29 is 9.90 Å². The summed E-state index contributed by atoms with van der Waals surface area (Å²) in [6.07, 6.45) is 0. The summed E-state index contributed by atoms with van der Waals surface area (Å²) in [6.45, 7) is 4.04. The molecule has 0 bridgehead atoms.